The molecule has 0 bridgehead atoms. The second kappa shape index (κ2) is 6.16. The number of azide groups is 1. The molecule has 1 N–H and O–H groups in total. The largest absolute Gasteiger partial charge is 0.478 e. The van der Waals surface area contributed by atoms with Crippen molar-refractivity contribution in [3.8, 4) is 11.8 Å². The summed E-state index contributed by atoms with van der Waals surface area (Å²) in [5.41, 5.74) is 8.00. The lowest BCUT2D eigenvalue weighted by Gasteiger charge is -1.97. The molecule has 1 rings (SSSR count). The Kier molecular flexibility index (Phi) is 4.55. The van der Waals surface area contributed by atoms with Crippen molar-refractivity contribution >= 4 is 5.97 Å². The van der Waals surface area contributed by atoms with Crippen molar-refractivity contribution in [2.45, 2.75) is 6.42 Å². The first kappa shape index (κ1) is 12.6. The van der Waals surface area contributed by atoms with Gasteiger partial charge in [0, 0.05) is 23.4 Å². The maximum absolute atomic E-state index is 13.2. The Morgan fingerprint density at radius 1 is 1.59 bits per heavy atom. The zero-order valence-electron chi connectivity index (χ0n) is 8.72. The summed E-state index contributed by atoms with van der Waals surface area (Å²) in [6.45, 7) is 0.249. The molecule has 0 aliphatic rings. The quantitative estimate of drug-likeness (QED) is 0.286. The Labute approximate surface area is 96.5 Å². The second-order valence-electron chi connectivity index (χ2n) is 3.01. The van der Waals surface area contributed by atoms with Crippen LogP contribution in [0.2, 0.25) is 0 Å². The summed E-state index contributed by atoms with van der Waals surface area (Å²) >= 11 is 0. The average molecular weight is 233 g/mol. The van der Waals surface area contributed by atoms with Crippen LogP contribution in [0, 0.1) is 17.7 Å². The molecule has 0 radical (unpaired) electrons. The standard InChI is InChI=1S/C11H8FN3O2/c12-10-7-8(3-1-2-6-14-15-13)4-5-9(10)11(16)17/h4-5,7H,2,6H2,(H,16,17). The molecule has 0 aliphatic heterocycles. The van der Waals surface area contributed by atoms with Crippen LogP contribution in [-0.2, 0) is 0 Å². The summed E-state index contributed by atoms with van der Waals surface area (Å²) in [6, 6.07) is 3.65. The fourth-order valence-corrected chi connectivity index (χ4v) is 1.08. The maximum Gasteiger partial charge on any atom is 0.338 e. The van der Waals surface area contributed by atoms with Crippen molar-refractivity contribution < 1.29 is 14.3 Å². The smallest absolute Gasteiger partial charge is 0.338 e. The number of hydrogen-bond donors (Lipinski definition) is 1. The van der Waals surface area contributed by atoms with E-state index in [4.69, 9.17) is 10.6 Å². The van der Waals surface area contributed by atoms with Gasteiger partial charge in [-0.05, 0) is 23.7 Å². The van der Waals surface area contributed by atoms with Crippen LogP contribution in [0.1, 0.15) is 22.3 Å². The molecule has 0 atom stereocenters. The molecular formula is C11H8FN3O2. The van der Waals surface area contributed by atoms with Gasteiger partial charge in [-0.25, -0.2) is 9.18 Å². The fourth-order valence-electron chi connectivity index (χ4n) is 1.08. The summed E-state index contributed by atoms with van der Waals surface area (Å²) in [5, 5.41) is 11.9. The Hall–Kier alpha value is -2.51. The SMILES string of the molecule is [N-]=[N+]=NCCC#Cc1ccc(C(=O)O)c(F)c1. The third-order valence-corrected chi connectivity index (χ3v) is 1.83. The Morgan fingerprint density at radius 2 is 2.35 bits per heavy atom. The molecule has 5 nitrogen and oxygen atoms in total. The summed E-state index contributed by atoms with van der Waals surface area (Å²) in [6.07, 6.45) is 0.367. The van der Waals surface area contributed by atoms with E-state index in [9.17, 15) is 9.18 Å². The highest BCUT2D eigenvalue weighted by Gasteiger charge is 2.09. The van der Waals surface area contributed by atoms with Crippen molar-refractivity contribution in [2.24, 2.45) is 5.11 Å². The highest BCUT2D eigenvalue weighted by Crippen LogP contribution is 2.09. The van der Waals surface area contributed by atoms with Crippen molar-refractivity contribution in [3.63, 3.8) is 0 Å². The summed E-state index contributed by atoms with van der Waals surface area (Å²) in [7, 11) is 0. The number of carboxylic acids is 1. The van der Waals surface area contributed by atoms with Crippen LogP contribution in [-0.4, -0.2) is 17.6 Å². The summed E-state index contributed by atoms with van der Waals surface area (Å²) in [4.78, 5) is 13.1. The van der Waals surface area contributed by atoms with Gasteiger partial charge >= 0.3 is 5.97 Å². The van der Waals surface area contributed by atoms with Gasteiger partial charge < -0.3 is 5.11 Å². The van der Waals surface area contributed by atoms with E-state index in [1.807, 2.05) is 0 Å². The van der Waals surface area contributed by atoms with E-state index >= 15 is 0 Å². The molecule has 0 aromatic heterocycles. The van der Waals surface area contributed by atoms with Gasteiger partial charge in [-0.15, -0.1) is 0 Å². The van der Waals surface area contributed by atoms with Gasteiger partial charge in [0.2, 0.25) is 0 Å². The molecule has 17 heavy (non-hydrogen) atoms. The van der Waals surface area contributed by atoms with Crippen molar-refractivity contribution in [1.29, 1.82) is 0 Å². The number of carboxylic acid groups (broad SMARTS) is 1. The van der Waals surface area contributed by atoms with Crippen LogP contribution in [0.4, 0.5) is 4.39 Å². The number of carbonyl (C=O) groups is 1. The molecule has 1 aromatic carbocycles. The molecule has 0 aliphatic carbocycles. The lowest BCUT2D eigenvalue weighted by Crippen LogP contribution is -2.00. The van der Waals surface area contributed by atoms with Crippen LogP contribution in [0.15, 0.2) is 23.3 Å². The zero-order chi connectivity index (χ0) is 12.7. The molecule has 0 unspecified atom stereocenters. The summed E-state index contributed by atoms with van der Waals surface area (Å²) in [5.74, 6) is 3.19. The van der Waals surface area contributed by atoms with E-state index in [0.29, 0.717) is 12.0 Å². The number of hydrogen-bond acceptors (Lipinski definition) is 2. The predicted molar refractivity (Wildman–Crippen MR) is 58.9 cm³/mol. The lowest BCUT2D eigenvalue weighted by atomic mass is 10.1. The second-order valence-corrected chi connectivity index (χ2v) is 3.01. The van der Waals surface area contributed by atoms with Crippen LogP contribution < -0.4 is 0 Å². The van der Waals surface area contributed by atoms with Crippen LogP contribution in [0.3, 0.4) is 0 Å². The van der Waals surface area contributed by atoms with Gasteiger partial charge in [0.15, 0.2) is 0 Å². The average Bonchev–Trinajstić information content (AvgIpc) is 2.28. The number of benzene rings is 1. The van der Waals surface area contributed by atoms with Crippen LogP contribution >= 0.6 is 0 Å². The van der Waals surface area contributed by atoms with Crippen molar-refractivity contribution in [2.75, 3.05) is 6.54 Å². The van der Waals surface area contributed by atoms with Crippen molar-refractivity contribution in [1.82, 2.24) is 0 Å². The minimum atomic E-state index is -1.31. The molecule has 0 saturated carbocycles. The third-order valence-electron chi connectivity index (χ3n) is 1.83. The molecule has 0 spiro atoms. The summed E-state index contributed by atoms with van der Waals surface area (Å²) < 4.78 is 13.2. The van der Waals surface area contributed by atoms with Crippen LogP contribution in [0.5, 0.6) is 0 Å². The normalized spacial score (nSPS) is 8.76. The van der Waals surface area contributed by atoms with Gasteiger partial charge in [-0.3, -0.25) is 0 Å². The molecule has 86 valence electrons. The third kappa shape index (κ3) is 3.86. The first-order chi connectivity index (χ1) is 8.15. The molecule has 0 heterocycles. The van der Waals surface area contributed by atoms with Gasteiger partial charge in [-0.1, -0.05) is 17.0 Å². The van der Waals surface area contributed by atoms with Gasteiger partial charge in [0.05, 0.1) is 5.56 Å². The highest BCUT2D eigenvalue weighted by molar-refractivity contribution is 5.88. The van der Waals surface area contributed by atoms with Gasteiger partial charge in [0.1, 0.15) is 5.82 Å². The first-order valence-corrected chi connectivity index (χ1v) is 4.67. The number of halogens is 1. The lowest BCUT2D eigenvalue weighted by molar-refractivity contribution is 0.0692. The monoisotopic (exact) mass is 233 g/mol. The minimum absolute atomic E-state index is 0.249. The van der Waals surface area contributed by atoms with E-state index in [0.717, 1.165) is 12.1 Å². The number of rotatable bonds is 3. The van der Waals surface area contributed by atoms with E-state index in [2.05, 4.69) is 21.9 Å². The Balaban J connectivity index is 2.77. The Morgan fingerprint density at radius 3 is 2.94 bits per heavy atom. The molecule has 0 amide bonds. The van der Waals surface area contributed by atoms with Crippen molar-refractivity contribution in [3.05, 3.63) is 45.6 Å². The fraction of sp³-hybridized carbons (Fsp3) is 0.182. The number of aromatic carboxylic acids is 1. The Bertz CT molecular complexity index is 539. The number of nitrogens with zero attached hydrogens (tertiary/aromatic N) is 3. The van der Waals surface area contributed by atoms with E-state index in [1.54, 1.807) is 0 Å². The molecule has 0 fully saturated rings. The molecule has 6 heteroatoms. The zero-order valence-corrected chi connectivity index (χ0v) is 8.72. The minimum Gasteiger partial charge on any atom is -0.478 e. The topological polar surface area (TPSA) is 86.1 Å². The van der Waals surface area contributed by atoms with E-state index in [-0.39, 0.29) is 12.1 Å². The van der Waals surface area contributed by atoms with Crippen LogP contribution in [0.25, 0.3) is 10.4 Å². The maximum atomic E-state index is 13.2. The van der Waals surface area contributed by atoms with E-state index < -0.39 is 11.8 Å². The molecule has 0 saturated heterocycles. The predicted octanol–water partition coefficient (Wildman–Crippen LogP) is 2.58. The molecular weight excluding hydrogens is 225 g/mol. The highest BCUT2D eigenvalue weighted by atomic mass is 19.1. The molecule has 1 aromatic rings. The van der Waals surface area contributed by atoms with Gasteiger partial charge in [0.25, 0.3) is 0 Å². The first-order valence-electron chi connectivity index (χ1n) is 4.67. The van der Waals surface area contributed by atoms with Gasteiger partial charge in [-0.2, -0.15) is 0 Å². The van der Waals surface area contributed by atoms with E-state index in [1.165, 1.54) is 6.07 Å².